The minimum absolute atomic E-state index is 0.125. The maximum absolute atomic E-state index is 6.26. The van der Waals surface area contributed by atoms with Gasteiger partial charge in [0.05, 0.1) is 11.7 Å². The summed E-state index contributed by atoms with van der Waals surface area (Å²) in [4.78, 5) is 8.58. The van der Waals surface area contributed by atoms with E-state index in [-0.39, 0.29) is 6.04 Å². The molecule has 1 aromatic heterocycles. The van der Waals surface area contributed by atoms with Gasteiger partial charge in [0, 0.05) is 15.7 Å². The molecule has 1 aromatic carbocycles. The summed E-state index contributed by atoms with van der Waals surface area (Å²) < 4.78 is 0.986. The van der Waals surface area contributed by atoms with Crippen LogP contribution in [-0.4, -0.2) is 17.0 Å². The van der Waals surface area contributed by atoms with E-state index in [1.807, 2.05) is 38.2 Å². The first-order chi connectivity index (χ1) is 9.10. The van der Waals surface area contributed by atoms with Gasteiger partial charge in [-0.25, -0.2) is 9.97 Å². The number of aromatic nitrogens is 2. The Morgan fingerprint density at radius 1 is 1.37 bits per heavy atom. The molecule has 0 aliphatic heterocycles. The Bertz CT molecular complexity index is 574. The molecule has 1 heterocycles. The monoisotopic (exact) mass is 339 g/mol. The second-order valence-electron chi connectivity index (χ2n) is 4.31. The maximum Gasteiger partial charge on any atom is 0.125 e. The van der Waals surface area contributed by atoms with Crippen LogP contribution in [0.5, 0.6) is 0 Å². The van der Waals surface area contributed by atoms with Gasteiger partial charge in [-0.05, 0) is 44.2 Å². The van der Waals surface area contributed by atoms with E-state index >= 15 is 0 Å². The number of rotatable bonds is 4. The Kier molecular flexibility index (Phi) is 4.91. The fourth-order valence-electron chi connectivity index (χ4n) is 1.93. The maximum atomic E-state index is 6.26. The molecule has 2 rings (SSSR count). The van der Waals surface area contributed by atoms with Gasteiger partial charge in [-0.15, -0.1) is 0 Å². The van der Waals surface area contributed by atoms with Crippen molar-refractivity contribution in [2.45, 2.75) is 19.4 Å². The van der Waals surface area contributed by atoms with Crippen molar-refractivity contribution >= 4 is 27.5 Å². The van der Waals surface area contributed by atoms with E-state index in [1.165, 1.54) is 0 Å². The SMILES string of the molecule is CNC(Cc1ccc(Br)cc1Cl)c1ccnc(C)n1. The number of hydrogen-bond donors (Lipinski definition) is 1. The summed E-state index contributed by atoms with van der Waals surface area (Å²) in [5.74, 6) is 0.777. The van der Waals surface area contributed by atoms with E-state index < -0.39 is 0 Å². The van der Waals surface area contributed by atoms with Crippen LogP contribution in [0.2, 0.25) is 5.02 Å². The van der Waals surface area contributed by atoms with Gasteiger partial charge in [-0.3, -0.25) is 0 Å². The van der Waals surface area contributed by atoms with Crippen molar-refractivity contribution in [1.29, 1.82) is 0 Å². The highest BCUT2D eigenvalue weighted by molar-refractivity contribution is 9.10. The lowest BCUT2D eigenvalue weighted by Gasteiger charge is -2.16. The smallest absolute Gasteiger partial charge is 0.125 e. The molecule has 100 valence electrons. The minimum atomic E-state index is 0.125. The summed E-state index contributed by atoms with van der Waals surface area (Å²) in [5, 5.41) is 4.04. The van der Waals surface area contributed by atoms with Crippen LogP contribution < -0.4 is 5.32 Å². The molecule has 0 bridgehead atoms. The van der Waals surface area contributed by atoms with Crippen molar-refractivity contribution in [1.82, 2.24) is 15.3 Å². The summed E-state index contributed by atoms with van der Waals surface area (Å²) in [5.41, 5.74) is 2.08. The highest BCUT2D eigenvalue weighted by atomic mass is 79.9. The lowest BCUT2D eigenvalue weighted by Crippen LogP contribution is -2.20. The molecular formula is C14H15BrClN3. The second-order valence-corrected chi connectivity index (χ2v) is 5.63. The molecule has 0 amide bonds. The van der Waals surface area contributed by atoms with E-state index in [2.05, 4.69) is 31.2 Å². The fourth-order valence-corrected chi connectivity index (χ4v) is 2.68. The normalized spacial score (nSPS) is 12.4. The number of nitrogens with zero attached hydrogens (tertiary/aromatic N) is 2. The molecule has 1 unspecified atom stereocenters. The number of aryl methyl sites for hydroxylation is 1. The van der Waals surface area contributed by atoms with Gasteiger partial charge in [-0.2, -0.15) is 0 Å². The van der Waals surface area contributed by atoms with Crippen molar-refractivity contribution in [2.75, 3.05) is 7.05 Å². The van der Waals surface area contributed by atoms with Crippen LogP contribution in [0.3, 0.4) is 0 Å². The Morgan fingerprint density at radius 3 is 2.79 bits per heavy atom. The van der Waals surface area contributed by atoms with E-state index in [0.29, 0.717) is 0 Å². The third kappa shape index (κ3) is 3.75. The van der Waals surface area contributed by atoms with E-state index in [9.17, 15) is 0 Å². The third-order valence-electron chi connectivity index (χ3n) is 2.94. The number of hydrogen-bond acceptors (Lipinski definition) is 3. The van der Waals surface area contributed by atoms with Gasteiger partial charge in [0.25, 0.3) is 0 Å². The first-order valence-electron chi connectivity index (χ1n) is 6.01. The molecule has 0 radical (unpaired) electrons. The summed E-state index contributed by atoms with van der Waals surface area (Å²) in [6, 6.07) is 8.00. The molecule has 5 heteroatoms. The average Bonchev–Trinajstić information content (AvgIpc) is 2.38. The second kappa shape index (κ2) is 6.46. The molecule has 3 nitrogen and oxygen atoms in total. The molecule has 1 atom stereocenters. The number of benzene rings is 1. The number of halogens is 2. The predicted octanol–water partition coefficient (Wildman–Crippen LogP) is 3.70. The standard InChI is InChI=1S/C14H15BrClN3/c1-9-18-6-5-13(19-9)14(17-2)7-10-3-4-11(15)8-12(10)16/h3-6,8,14,17H,7H2,1-2H3. The minimum Gasteiger partial charge on any atom is -0.311 e. The Balaban J connectivity index is 2.24. The first-order valence-corrected chi connectivity index (χ1v) is 7.18. The fraction of sp³-hybridized carbons (Fsp3) is 0.286. The lowest BCUT2D eigenvalue weighted by atomic mass is 10.0. The van der Waals surface area contributed by atoms with Crippen LogP contribution in [0, 0.1) is 6.92 Å². The van der Waals surface area contributed by atoms with Crippen molar-refractivity contribution < 1.29 is 0 Å². The first kappa shape index (κ1) is 14.4. The van der Waals surface area contributed by atoms with Gasteiger partial charge >= 0.3 is 0 Å². The van der Waals surface area contributed by atoms with Gasteiger partial charge in [0.1, 0.15) is 5.82 Å². The average molecular weight is 341 g/mol. The molecule has 0 fully saturated rings. The third-order valence-corrected chi connectivity index (χ3v) is 3.79. The van der Waals surface area contributed by atoms with Crippen molar-refractivity contribution in [2.24, 2.45) is 0 Å². The van der Waals surface area contributed by atoms with Crippen LogP contribution in [-0.2, 0) is 6.42 Å². The highest BCUT2D eigenvalue weighted by Crippen LogP contribution is 2.25. The largest absolute Gasteiger partial charge is 0.311 e. The topological polar surface area (TPSA) is 37.8 Å². The Morgan fingerprint density at radius 2 is 2.16 bits per heavy atom. The molecule has 1 N–H and O–H groups in total. The van der Waals surface area contributed by atoms with E-state index in [0.717, 1.165) is 33.0 Å². The molecule has 0 saturated heterocycles. The molecule has 0 aliphatic rings. The Labute approximate surface area is 126 Å². The molecule has 0 spiro atoms. The molecule has 0 aliphatic carbocycles. The zero-order valence-electron chi connectivity index (χ0n) is 10.8. The quantitative estimate of drug-likeness (QED) is 0.922. The van der Waals surface area contributed by atoms with Crippen LogP contribution in [0.25, 0.3) is 0 Å². The van der Waals surface area contributed by atoms with E-state index in [1.54, 1.807) is 6.20 Å². The van der Waals surface area contributed by atoms with Crippen molar-refractivity contribution in [3.8, 4) is 0 Å². The van der Waals surface area contributed by atoms with Gasteiger partial charge in [0.15, 0.2) is 0 Å². The van der Waals surface area contributed by atoms with Crippen LogP contribution in [0.15, 0.2) is 34.9 Å². The summed E-state index contributed by atoms with van der Waals surface area (Å²) in [7, 11) is 1.93. The zero-order valence-corrected chi connectivity index (χ0v) is 13.2. The van der Waals surface area contributed by atoms with Gasteiger partial charge in [-0.1, -0.05) is 33.6 Å². The zero-order chi connectivity index (χ0) is 13.8. The van der Waals surface area contributed by atoms with Crippen molar-refractivity contribution in [3.05, 3.63) is 57.0 Å². The van der Waals surface area contributed by atoms with Crippen molar-refractivity contribution in [3.63, 3.8) is 0 Å². The highest BCUT2D eigenvalue weighted by Gasteiger charge is 2.14. The molecular weight excluding hydrogens is 326 g/mol. The summed E-state index contributed by atoms with van der Waals surface area (Å²) in [6.07, 6.45) is 2.57. The number of likely N-dealkylation sites (N-methyl/N-ethyl adjacent to an activating group) is 1. The van der Waals surface area contributed by atoms with E-state index in [4.69, 9.17) is 11.6 Å². The Hall–Kier alpha value is -0.970. The summed E-state index contributed by atoms with van der Waals surface area (Å²) in [6.45, 7) is 1.89. The predicted molar refractivity (Wildman–Crippen MR) is 81.4 cm³/mol. The molecule has 19 heavy (non-hydrogen) atoms. The van der Waals surface area contributed by atoms with Gasteiger partial charge in [0.2, 0.25) is 0 Å². The molecule has 2 aromatic rings. The number of nitrogens with one attached hydrogen (secondary N) is 1. The lowest BCUT2D eigenvalue weighted by molar-refractivity contribution is 0.572. The van der Waals surface area contributed by atoms with Gasteiger partial charge < -0.3 is 5.32 Å². The molecule has 0 saturated carbocycles. The van der Waals surface area contributed by atoms with Crippen LogP contribution >= 0.6 is 27.5 Å². The van der Waals surface area contributed by atoms with Crippen LogP contribution in [0.4, 0.5) is 0 Å². The summed E-state index contributed by atoms with van der Waals surface area (Å²) >= 11 is 9.67. The van der Waals surface area contributed by atoms with Crippen LogP contribution in [0.1, 0.15) is 23.1 Å².